The molecule has 3 rings (SSSR count). The van der Waals surface area contributed by atoms with Gasteiger partial charge in [-0.3, -0.25) is 9.59 Å². The van der Waals surface area contributed by atoms with E-state index in [1.807, 2.05) is 19.9 Å². The summed E-state index contributed by atoms with van der Waals surface area (Å²) < 4.78 is 5.06. The zero-order valence-corrected chi connectivity index (χ0v) is 17.8. The van der Waals surface area contributed by atoms with Crippen molar-refractivity contribution in [1.82, 2.24) is 0 Å². The predicted octanol–water partition coefficient (Wildman–Crippen LogP) is 5.05. The number of thiophene rings is 1. The Morgan fingerprint density at radius 2 is 1.57 bits per heavy atom. The van der Waals surface area contributed by atoms with Crippen LogP contribution < -0.4 is 10.6 Å². The van der Waals surface area contributed by atoms with Crippen molar-refractivity contribution in [2.75, 3.05) is 17.2 Å². The van der Waals surface area contributed by atoms with E-state index in [0.29, 0.717) is 21.8 Å². The molecule has 1 aromatic heterocycles. The number of ether oxygens (including phenoxy) is 1. The highest BCUT2D eigenvalue weighted by Crippen LogP contribution is 2.33. The number of hydrogen-bond donors (Lipinski definition) is 2. The van der Waals surface area contributed by atoms with Gasteiger partial charge >= 0.3 is 5.97 Å². The first-order valence-corrected chi connectivity index (χ1v) is 10.3. The van der Waals surface area contributed by atoms with Crippen LogP contribution >= 0.6 is 11.3 Å². The molecule has 0 aliphatic rings. The van der Waals surface area contributed by atoms with Crippen LogP contribution in [-0.4, -0.2) is 24.4 Å². The molecule has 0 saturated carbocycles. The molecule has 30 heavy (non-hydrogen) atoms. The van der Waals surface area contributed by atoms with Gasteiger partial charge in [0.25, 0.3) is 11.8 Å². The first kappa shape index (κ1) is 21.3. The van der Waals surface area contributed by atoms with Crippen LogP contribution in [0.2, 0.25) is 0 Å². The third-order valence-electron chi connectivity index (χ3n) is 4.55. The number of benzene rings is 2. The summed E-state index contributed by atoms with van der Waals surface area (Å²) in [7, 11) is 0. The molecule has 0 fully saturated rings. The molecular weight excluding hydrogens is 400 g/mol. The summed E-state index contributed by atoms with van der Waals surface area (Å²) in [5.41, 5.74) is 2.27. The van der Waals surface area contributed by atoms with E-state index in [4.69, 9.17) is 4.74 Å². The van der Waals surface area contributed by atoms with Crippen molar-refractivity contribution in [2.45, 2.75) is 20.8 Å². The molecular formula is C23H22N2O4S. The molecule has 6 nitrogen and oxygen atoms in total. The standard InChI is InChI=1S/C23H22N2O4S/c1-4-29-23(28)17-12-8-9-13-18(17)24-21(27)19-14(2)15(3)30-22(19)25-20(26)16-10-6-5-7-11-16/h5-13H,4H2,1-3H3,(H,24,27)(H,25,26). The molecule has 154 valence electrons. The van der Waals surface area contributed by atoms with Crippen LogP contribution in [0.15, 0.2) is 54.6 Å². The number of nitrogens with one attached hydrogen (secondary N) is 2. The molecule has 0 bridgehead atoms. The van der Waals surface area contributed by atoms with E-state index in [-0.39, 0.29) is 18.1 Å². The molecule has 2 N–H and O–H groups in total. The van der Waals surface area contributed by atoms with Gasteiger partial charge in [0.1, 0.15) is 5.00 Å². The topological polar surface area (TPSA) is 84.5 Å². The Morgan fingerprint density at radius 3 is 2.27 bits per heavy atom. The van der Waals surface area contributed by atoms with Crippen LogP contribution in [0.3, 0.4) is 0 Å². The summed E-state index contributed by atoms with van der Waals surface area (Å²) in [4.78, 5) is 38.8. The Morgan fingerprint density at radius 1 is 0.900 bits per heavy atom. The highest BCUT2D eigenvalue weighted by Gasteiger charge is 2.23. The first-order chi connectivity index (χ1) is 14.4. The lowest BCUT2D eigenvalue weighted by atomic mass is 10.1. The second-order valence-electron chi connectivity index (χ2n) is 6.53. The summed E-state index contributed by atoms with van der Waals surface area (Å²) in [5.74, 6) is -1.21. The average Bonchev–Trinajstić information content (AvgIpc) is 3.02. The Labute approximate surface area is 178 Å². The number of anilines is 2. The molecule has 0 radical (unpaired) electrons. The van der Waals surface area contributed by atoms with Gasteiger partial charge in [0.05, 0.1) is 23.4 Å². The zero-order valence-electron chi connectivity index (χ0n) is 16.9. The minimum atomic E-state index is -0.510. The molecule has 0 spiro atoms. The quantitative estimate of drug-likeness (QED) is 0.545. The average molecular weight is 423 g/mol. The maximum absolute atomic E-state index is 13.1. The molecule has 2 amide bonds. The number of para-hydroxylation sites is 1. The van der Waals surface area contributed by atoms with E-state index in [1.54, 1.807) is 55.5 Å². The molecule has 0 atom stereocenters. The smallest absolute Gasteiger partial charge is 0.340 e. The lowest BCUT2D eigenvalue weighted by molar-refractivity contribution is 0.0527. The van der Waals surface area contributed by atoms with E-state index in [2.05, 4.69) is 10.6 Å². The zero-order chi connectivity index (χ0) is 21.7. The second-order valence-corrected chi connectivity index (χ2v) is 7.75. The Balaban J connectivity index is 1.89. The van der Waals surface area contributed by atoms with Gasteiger partial charge in [-0.05, 0) is 50.6 Å². The van der Waals surface area contributed by atoms with Gasteiger partial charge < -0.3 is 15.4 Å². The summed E-state index contributed by atoms with van der Waals surface area (Å²) in [5, 5.41) is 6.09. The van der Waals surface area contributed by atoms with Crippen molar-refractivity contribution in [3.63, 3.8) is 0 Å². The number of hydrogen-bond acceptors (Lipinski definition) is 5. The molecule has 0 unspecified atom stereocenters. The van der Waals surface area contributed by atoms with Gasteiger partial charge in [-0.1, -0.05) is 30.3 Å². The summed E-state index contributed by atoms with van der Waals surface area (Å²) in [6.45, 7) is 5.68. The Hall–Kier alpha value is -3.45. The van der Waals surface area contributed by atoms with Crippen molar-refractivity contribution in [3.05, 3.63) is 81.7 Å². The predicted molar refractivity (Wildman–Crippen MR) is 119 cm³/mol. The lowest BCUT2D eigenvalue weighted by Gasteiger charge is -2.12. The lowest BCUT2D eigenvalue weighted by Crippen LogP contribution is -2.19. The van der Waals surface area contributed by atoms with E-state index in [1.165, 1.54) is 11.3 Å². The second kappa shape index (κ2) is 9.37. The van der Waals surface area contributed by atoms with Crippen molar-refractivity contribution < 1.29 is 19.1 Å². The number of rotatable bonds is 6. The fraction of sp³-hybridized carbons (Fsp3) is 0.174. The summed E-state index contributed by atoms with van der Waals surface area (Å²) in [6, 6.07) is 15.5. The number of carbonyl (C=O) groups excluding carboxylic acids is 3. The van der Waals surface area contributed by atoms with Crippen LogP contribution in [0.1, 0.15) is 48.4 Å². The van der Waals surface area contributed by atoms with E-state index in [9.17, 15) is 14.4 Å². The molecule has 7 heteroatoms. The Bertz CT molecular complexity index is 1090. The third-order valence-corrected chi connectivity index (χ3v) is 5.67. The molecule has 1 heterocycles. The highest BCUT2D eigenvalue weighted by atomic mass is 32.1. The SMILES string of the molecule is CCOC(=O)c1ccccc1NC(=O)c1c(NC(=O)c2ccccc2)sc(C)c1C. The van der Waals surface area contributed by atoms with Crippen molar-refractivity contribution in [1.29, 1.82) is 0 Å². The minimum absolute atomic E-state index is 0.236. The third kappa shape index (κ3) is 4.58. The van der Waals surface area contributed by atoms with Gasteiger partial charge in [0, 0.05) is 10.4 Å². The maximum Gasteiger partial charge on any atom is 0.340 e. The Kier molecular flexibility index (Phi) is 6.64. The molecule has 0 saturated heterocycles. The fourth-order valence-electron chi connectivity index (χ4n) is 2.92. The van der Waals surface area contributed by atoms with Crippen LogP contribution in [0, 0.1) is 13.8 Å². The van der Waals surface area contributed by atoms with Crippen molar-refractivity contribution in [2.24, 2.45) is 0 Å². The van der Waals surface area contributed by atoms with E-state index >= 15 is 0 Å². The van der Waals surface area contributed by atoms with Crippen molar-refractivity contribution in [3.8, 4) is 0 Å². The fourth-order valence-corrected chi connectivity index (χ4v) is 3.97. The van der Waals surface area contributed by atoms with Gasteiger partial charge in [0.15, 0.2) is 0 Å². The van der Waals surface area contributed by atoms with Crippen LogP contribution in [-0.2, 0) is 4.74 Å². The molecule has 2 aromatic carbocycles. The van der Waals surface area contributed by atoms with Gasteiger partial charge in [-0.25, -0.2) is 4.79 Å². The number of carbonyl (C=O) groups is 3. The number of amides is 2. The molecule has 0 aliphatic carbocycles. The maximum atomic E-state index is 13.1. The minimum Gasteiger partial charge on any atom is -0.462 e. The highest BCUT2D eigenvalue weighted by molar-refractivity contribution is 7.16. The van der Waals surface area contributed by atoms with Crippen LogP contribution in [0.5, 0.6) is 0 Å². The number of esters is 1. The first-order valence-electron chi connectivity index (χ1n) is 9.46. The van der Waals surface area contributed by atoms with Crippen LogP contribution in [0.25, 0.3) is 0 Å². The molecule has 3 aromatic rings. The van der Waals surface area contributed by atoms with Gasteiger partial charge in [0.2, 0.25) is 0 Å². The normalized spacial score (nSPS) is 10.4. The van der Waals surface area contributed by atoms with Crippen LogP contribution in [0.4, 0.5) is 10.7 Å². The number of aryl methyl sites for hydroxylation is 1. The van der Waals surface area contributed by atoms with Crippen molar-refractivity contribution >= 4 is 39.8 Å². The molecule has 0 aliphatic heterocycles. The van der Waals surface area contributed by atoms with E-state index < -0.39 is 11.9 Å². The monoisotopic (exact) mass is 422 g/mol. The van der Waals surface area contributed by atoms with E-state index in [0.717, 1.165) is 10.4 Å². The summed E-state index contributed by atoms with van der Waals surface area (Å²) in [6.07, 6.45) is 0. The van der Waals surface area contributed by atoms with Gasteiger partial charge in [-0.2, -0.15) is 0 Å². The largest absolute Gasteiger partial charge is 0.462 e. The van der Waals surface area contributed by atoms with Gasteiger partial charge in [-0.15, -0.1) is 11.3 Å². The summed E-state index contributed by atoms with van der Waals surface area (Å²) >= 11 is 1.34.